The monoisotopic (exact) mass is 338 g/mol. The molecule has 2 aromatic rings. The Morgan fingerprint density at radius 3 is 2.65 bits per heavy atom. The first-order chi connectivity index (χ1) is 11.0. The molecule has 1 aromatic heterocycles. The van der Waals surface area contributed by atoms with Crippen LogP contribution < -0.4 is 10.4 Å². The summed E-state index contributed by atoms with van der Waals surface area (Å²) in [7, 11) is -3.56. The summed E-state index contributed by atoms with van der Waals surface area (Å²) in [5, 5.41) is 9.22. The molecule has 0 spiro atoms. The Bertz CT molecular complexity index is 826. The van der Waals surface area contributed by atoms with Crippen LogP contribution in [0.2, 0.25) is 0 Å². The Morgan fingerprint density at radius 2 is 2.04 bits per heavy atom. The summed E-state index contributed by atoms with van der Waals surface area (Å²) in [4.78, 5) is 11.4. The molecule has 0 aliphatic carbocycles. The average molecular weight is 338 g/mol. The molecule has 1 aliphatic rings. The molecule has 1 aromatic carbocycles. The van der Waals surface area contributed by atoms with Gasteiger partial charge in [-0.3, -0.25) is 4.72 Å². The van der Waals surface area contributed by atoms with Gasteiger partial charge in [-0.1, -0.05) is 6.92 Å². The normalized spacial score (nSPS) is 19.6. The fourth-order valence-electron chi connectivity index (χ4n) is 2.62. The lowest BCUT2D eigenvalue weighted by Crippen LogP contribution is -2.42. The number of nitrogens with one attached hydrogen (secondary N) is 2. The first kappa shape index (κ1) is 15.7. The van der Waals surface area contributed by atoms with Gasteiger partial charge in [0, 0.05) is 18.8 Å². The predicted molar refractivity (Wildman–Crippen MR) is 84.5 cm³/mol. The molecule has 3 rings (SSSR count). The minimum Gasteiger partial charge on any atom is -0.271 e. The van der Waals surface area contributed by atoms with E-state index in [1.165, 1.54) is 4.31 Å². The summed E-state index contributed by atoms with van der Waals surface area (Å²) < 4.78 is 29.9. The van der Waals surface area contributed by atoms with Gasteiger partial charge in [-0.25, -0.2) is 9.89 Å². The van der Waals surface area contributed by atoms with E-state index in [0.717, 1.165) is 17.5 Å². The van der Waals surface area contributed by atoms with Gasteiger partial charge in [0.2, 0.25) is 0 Å². The number of hydrogen-bond acceptors (Lipinski definition) is 5. The molecular formula is C13H18N6O3S. The van der Waals surface area contributed by atoms with Crippen LogP contribution in [0.15, 0.2) is 29.1 Å². The Balaban J connectivity index is 1.75. The summed E-state index contributed by atoms with van der Waals surface area (Å²) >= 11 is 0. The van der Waals surface area contributed by atoms with Crippen molar-refractivity contribution in [3.63, 3.8) is 0 Å². The molecule has 0 unspecified atom stereocenters. The van der Waals surface area contributed by atoms with Crippen molar-refractivity contribution in [2.45, 2.75) is 19.8 Å². The molecule has 0 radical (unpaired) electrons. The van der Waals surface area contributed by atoms with Crippen molar-refractivity contribution < 1.29 is 8.42 Å². The van der Waals surface area contributed by atoms with Crippen molar-refractivity contribution in [1.82, 2.24) is 24.5 Å². The fourth-order valence-corrected chi connectivity index (χ4v) is 4.00. The molecule has 23 heavy (non-hydrogen) atoms. The second-order valence-electron chi connectivity index (χ2n) is 5.68. The van der Waals surface area contributed by atoms with Gasteiger partial charge in [0.05, 0.1) is 5.69 Å². The highest BCUT2D eigenvalue weighted by molar-refractivity contribution is 7.90. The standard InChI is InChI=1S/C13H18N6O3S/c1-10-3-2-8-18(9-10)23(21,22)15-11-4-6-12(7-5-11)19-13(20)14-16-17-19/h4-7,10,15H,2-3,8-9H2,1H3,(H,14,17,20)/t10-/m1/s1. The molecule has 1 aliphatic heterocycles. The zero-order chi connectivity index (χ0) is 16.4. The van der Waals surface area contributed by atoms with Crippen molar-refractivity contribution in [2.75, 3.05) is 17.8 Å². The van der Waals surface area contributed by atoms with Crippen LogP contribution in [0.3, 0.4) is 0 Å². The van der Waals surface area contributed by atoms with Crippen molar-refractivity contribution >= 4 is 15.9 Å². The first-order valence-corrected chi connectivity index (χ1v) is 8.78. The Hall–Kier alpha value is -2.20. The molecule has 1 fully saturated rings. The SMILES string of the molecule is C[C@@H]1CCCN(S(=O)(=O)Nc2ccc(-n3nn[nH]c3=O)cc2)C1. The van der Waals surface area contributed by atoms with Crippen molar-refractivity contribution in [1.29, 1.82) is 0 Å². The molecule has 9 nitrogen and oxygen atoms in total. The van der Waals surface area contributed by atoms with Crippen LogP contribution in [-0.4, -0.2) is 46.0 Å². The van der Waals surface area contributed by atoms with Gasteiger partial charge in [0.25, 0.3) is 0 Å². The van der Waals surface area contributed by atoms with Crippen LogP contribution in [-0.2, 0) is 10.2 Å². The third-order valence-electron chi connectivity index (χ3n) is 3.79. The number of aromatic amines is 1. The largest absolute Gasteiger partial charge is 0.365 e. The van der Waals surface area contributed by atoms with Gasteiger partial charge >= 0.3 is 15.9 Å². The summed E-state index contributed by atoms with van der Waals surface area (Å²) in [5.41, 5.74) is 0.474. The second-order valence-corrected chi connectivity index (χ2v) is 7.35. The Labute approximate surface area is 133 Å². The minimum absolute atomic E-state index is 0.363. The number of anilines is 1. The lowest BCUT2D eigenvalue weighted by molar-refractivity contribution is 0.282. The highest BCUT2D eigenvalue weighted by Crippen LogP contribution is 2.20. The first-order valence-electron chi connectivity index (χ1n) is 7.34. The molecule has 1 atom stereocenters. The van der Waals surface area contributed by atoms with Gasteiger partial charge in [-0.15, -0.1) is 0 Å². The number of piperidine rings is 1. The molecule has 124 valence electrons. The van der Waals surface area contributed by atoms with E-state index >= 15 is 0 Å². The molecule has 2 heterocycles. The van der Waals surface area contributed by atoms with E-state index < -0.39 is 15.9 Å². The third-order valence-corrected chi connectivity index (χ3v) is 5.30. The van der Waals surface area contributed by atoms with Crippen LogP contribution >= 0.6 is 0 Å². The maximum absolute atomic E-state index is 12.4. The molecule has 1 saturated heterocycles. The molecule has 2 N–H and O–H groups in total. The summed E-state index contributed by atoms with van der Waals surface area (Å²) in [6.45, 7) is 3.11. The van der Waals surface area contributed by atoms with Crippen molar-refractivity contribution in [2.24, 2.45) is 5.92 Å². The van der Waals surface area contributed by atoms with Gasteiger partial charge < -0.3 is 0 Å². The molecular weight excluding hydrogens is 320 g/mol. The van der Waals surface area contributed by atoms with Crippen LogP contribution in [0.5, 0.6) is 0 Å². The van der Waals surface area contributed by atoms with Crippen molar-refractivity contribution in [3.05, 3.63) is 34.7 Å². The van der Waals surface area contributed by atoms with Crippen LogP contribution in [0, 0.1) is 5.92 Å². The molecule has 0 amide bonds. The lowest BCUT2D eigenvalue weighted by Gasteiger charge is -2.30. The van der Waals surface area contributed by atoms with Crippen LogP contribution in [0.4, 0.5) is 5.69 Å². The second kappa shape index (κ2) is 6.13. The molecule has 0 saturated carbocycles. The maximum Gasteiger partial charge on any atom is 0.365 e. The average Bonchev–Trinajstić information content (AvgIpc) is 2.94. The zero-order valence-electron chi connectivity index (χ0n) is 12.6. The summed E-state index contributed by atoms with van der Waals surface area (Å²) in [5.74, 6) is 0.363. The van der Waals surface area contributed by atoms with Crippen LogP contribution in [0.25, 0.3) is 5.69 Å². The highest BCUT2D eigenvalue weighted by Gasteiger charge is 2.26. The smallest absolute Gasteiger partial charge is 0.271 e. The maximum atomic E-state index is 12.4. The van der Waals surface area contributed by atoms with Gasteiger partial charge in [-0.2, -0.15) is 17.4 Å². The quantitative estimate of drug-likeness (QED) is 0.835. The number of hydrogen-bond donors (Lipinski definition) is 2. The topological polar surface area (TPSA) is 113 Å². The van der Waals surface area contributed by atoms with E-state index in [9.17, 15) is 13.2 Å². The third kappa shape index (κ3) is 3.42. The number of nitrogens with zero attached hydrogens (tertiary/aromatic N) is 4. The molecule has 10 heteroatoms. The van der Waals surface area contributed by atoms with Gasteiger partial charge in [0.15, 0.2) is 0 Å². The van der Waals surface area contributed by atoms with E-state index in [0.29, 0.717) is 30.4 Å². The van der Waals surface area contributed by atoms with E-state index in [-0.39, 0.29) is 0 Å². The van der Waals surface area contributed by atoms with Gasteiger partial charge in [-0.05, 0) is 53.5 Å². The van der Waals surface area contributed by atoms with E-state index in [2.05, 4.69) is 20.2 Å². The number of rotatable bonds is 4. The number of H-pyrrole nitrogens is 1. The minimum atomic E-state index is -3.56. The summed E-state index contributed by atoms with van der Waals surface area (Å²) in [6, 6.07) is 6.37. The number of tetrazole rings is 1. The molecule has 0 bridgehead atoms. The predicted octanol–water partition coefficient (Wildman–Crippen LogP) is 0.344. The number of benzene rings is 1. The summed E-state index contributed by atoms with van der Waals surface area (Å²) in [6.07, 6.45) is 1.92. The lowest BCUT2D eigenvalue weighted by atomic mass is 10.0. The van der Waals surface area contributed by atoms with Crippen LogP contribution in [0.1, 0.15) is 19.8 Å². The highest BCUT2D eigenvalue weighted by atomic mass is 32.2. The van der Waals surface area contributed by atoms with E-state index in [1.54, 1.807) is 24.3 Å². The van der Waals surface area contributed by atoms with E-state index in [1.807, 2.05) is 6.92 Å². The van der Waals surface area contributed by atoms with Crippen molar-refractivity contribution in [3.8, 4) is 5.69 Å². The fraction of sp³-hybridized carbons (Fsp3) is 0.462. The number of aromatic nitrogens is 4. The Kier molecular flexibility index (Phi) is 4.18. The van der Waals surface area contributed by atoms with Gasteiger partial charge in [0.1, 0.15) is 0 Å². The zero-order valence-corrected chi connectivity index (χ0v) is 13.5. The van der Waals surface area contributed by atoms with E-state index in [4.69, 9.17) is 0 Å². The Morgan fingerprint density at radius 1 is 1.30 bits per heavy atom.